The molecule has 470 valence electrons. The lowest BCUT2D eigenvalue weighted by Crippen LogP contribution is -1.92. The van der Waals surface area contributed by atoms with Gasteiger partial charge in [-0.2, -0.15) is 0 Å². The van der Waals surface area contributed by atoms with E-state index in [2.05, 4.69) is 367 Å². The Morgan fingerprint density at radius 2 is 0.378 bits per heavy atom. The van der Waals surface area contributed by atoms with Gasteiger partial charge in [-0.1, -0.05) is 315 Å². The molecular formula is C94H74N4. The zero-order valence-corrected chi connectivity index (χ0v) is 54.4. The molecule has 0 heterocycles. The topological polar surface area (TPSA) is 48.1 Å². The van der Waals surface area contributed by atoms with Gasteiger partial charge in [0.1, 0.15) is 0 Å². The summed E-state index contributed by atoms with van der Waals surface area (Å²) in [5, 5.41) is 16.4. The fourth-order valence-electron chi connectivity index (χ4n) is 11.8. The Bertz CT molecular complexity index is 5000. The van der Waals surface area contributed by atoms with E-state index in [1.807, 2.05) is 78.9 Å². The smallest absolute Gasteiger partial charge is 0.0396 e. The van der Waals surface area contributed by atoms with E-state index in [1.165, 1.54) is 88.7 Å². The van der Waals surface area contributed by atoms with Crippen LogP contribution < -0.4 is 21.3 Å². The van der Waals surface area contributed by atoms with Crippen molar-refractivity contribution < 1.29 is 0 Å². The van der Waals surface area contributed by atoms with E-state index in [1.54, 1.807) is 0 Å². The second-order valence-electron chi connectivity index (χ2n) is 23.7. The quantitative estimate of drug-likeness (QED) is 0.0826. The van der Waals surface area contributed by atoms with Gasteiger partial charge in [0.05, 0.1) is 0 Å². The average molecular weight is 1260 g/mol. The normalized spacial score (nSPS) is 10.4. The van der Waals surface area contributed by atoms with Crippen LogP contribution in [0, 0.1) is 0 Å². The third-order valence-corrected chi connectivity index (χ3v) is 16.7. The number of fused-ring (bicyclic) bond motifs is 1. The molecule has 16 aromatic rings. The Morgan fingerprint density at radius 1 is 0.112 bits per heavy atom. The molecule has 0 bridgehead atoms. The molecule has 0 aromatic heterocycles. The number of rotatable bonds is 15. The first-order valence-electron chi connectivity index (χ1n) is 33.2. The predicted molar refractivity (Wildman–Crippen MR) is 420 cm³/mol. The fourth-order valence-corrected chi connectivity index (χ4v) is 11.8. The number of hydrogen-bond donors (Lipinski definition) is 4. The molecule has 0 radical (unpaired) electrons. The molecule has 0 unspecified atom stereocenters. The Morgan fingerprint density at radius 3 is 0.816 bits per heavy atom. The van der Waals surface area contributed by atoms with Gasteiger partial charge in [0.25, 0.3) is 0 Å². The minimum atomic E-state index is 1.09. The predicted octanol–water partition coefficient (Wildman–Crippen LogP) is 26.5. The van der Waals surface area contributed by atoms with Crippen LogP contribution in [0.5, 0.6) is 0 Å². The first-order chi connectivity index (χ1) is 48.5. The zero-order chi connectivity index (χ0) is 66.2. The molecule has 0 saturated heterocycles. The summed E-state index contributed by atoms with van der Waals surface area (Å²) in [5.74, 6) is 0. The molecule has 0 saturated carbocycles. The van der Waals surface area contributed by atoms with Crippen molar-refractivity contribution in [3.63, 3.8) is 0 Å². The van der Waals surface area contributed by atoms with Crippen molar-refractivity contribution >= 4 is 56.3 Å². The fraction of sp³-hybridized carbons (Fsp3) is 0. The lowest BCUT2D eigenvalue weighted by atomic mass is 9.94. The van der Waals surface area contributed by atoms with Gasteiger partial charge in [-0.3, -0.25) is 0 Å². The number of anilines is 8. The van der Waals surface area contributed by atoms with Crippen molar-refractivity contribution in [2.75, 3.05) is 21.3 Å². The van der Waals surface area contributed by atoms with Crippen LogP contribution >= 0.6 is 0 Å². The number of nitrogens with one attached hydrogen (secondary N) is 4. The van der Waals surface area contributed by atoms with Crippen molar-refractivity contribution in [1.82, 2.24) is 0 Å². The summed E-state index contributed by atoms with van der Waals surface area (Å²) in [6, 6.07) is 148. The van der Waals surface area contributed by atoms with E-state index in [-0.39, 0.29) is 0 Å². The van der Waals surface area contributed by atoms with Crippen molar-refractivity contribution in [3.05, 3.63) is 425 Å². The van der Waals surface area contributed by atoms with Crippen LogP contribution in [-0.4, -0.2) is 0 Å². The van der Waals surface area contributed by atoms with E-state index < -0.39 is 0 Å². The highest BCUT2D eigenvalue weighted by Crippen LogP contribution is 2.37. The average Bonchev–Trinajstić information content (AvgIpc) is 2.00. The van der Waals surface area contributed by atoms with Crippen molar-refractivity contribution in [2.24, 2.45) is 0 Å². The summed E-state index contributed by atoms with van der Waals surface area (Å²) in [5.41, 5.74) is 25.9. The lowest BCUT2D eigenvalue weighted by Gasteiger charge is -2.14. The second kappa shape index (κ2) is 32.7. The van der Waals surface area contributed by atoms with Gasteiger partial charge in [-0.15, -0.1) is 0 Å². The number of hydrogen-bond acceptors (Lipinski definition) is 4. The van der Waals surface area contributed by atoms with Crippen LogP contribution in [0.4, 0.5) is 45.5 Å². The van der Waals surface area contributed by atoms with E-state index in [4.69, 9.17) is 0 Å². The van der Waals surface area contributed by atoms with E-state index in [0.29, 0.717) is 0 Å². The van der Waals surface area contributed by atoms with Gasteiger partial charge in [0.15, 0.2) is 0 Å². The van der Waals surface area contributed by atoms with Gasteiger partial charge in [-0.25, -0.2) is 0 Å². The van der Waals surface area contributed by atoms with Gasteiger partial charge >= 0.3 is 0 Å². The molecule has 0 spiro atoms. The Labute approximate surface area is 576 Å². The maximum Gasteiger partial charge on any atom is 0.0396 e. The van der Waals surface area contributed by atoms with Crippen molar-refractivity contribution in [3.8, 4) is 77.9 Å². The highest BCUT2D eigenvalue weighted by atomic mass is 14.9. The molecule has 0 aliphatic rings. The summed E-state index contributed by atoms with van der Waals surface area (Å²) < 4.78 is 0. The van der Waals surface area contributed by atoms with E-state index >= 15 is 0 Å². The summed E-state index contributed by atoms with van der Waals surface area (Å²) in [7, 11) is 0. The molecule has 4 heteroatoms. The van der Waals surface area contributed by atoms with Crippen LogP contribution in [0.25, 0.3) is 88.7 Å². The summed E-state index contributed by atoms with van der Waals surface area (Å²) >= 11 is 0. The van der Waals surface area contributed by atoms with Crippen molar-refractivity contribution in [1.29, 1.82) is 0 Å². The van der Waals surface area contributed by atoms with Gasteiger partial charge in [0.2, 0.25) is 0 Å². The van der Waals surface area contributed by atoms with Crippen molar-refractivity contribution in [2.45, 2.75) is 0 Å². The molecule has 4 N–H and O–H groups in total. The minimum absolute atomic E-state index is 1.09. The van der Waals surface area contributed by atoms with Gasteiger partial charge in [-0.05, 0) is 198 Å². The standard InChI is InChI=1S/3C24H19N.C22H17N/c1-4-10-19(11-5-1)21-16-22(20-12-6-2-7-13-20)18-24(17-21)25-23-14-8-3-9-15-23;1-4-10-19(11-5-1)23-17-16-22(25-21-14-8-3-9-15-21)18-24(23)20-12-6-2-7-13-20;1-3-8-19(9-4-1)21-10-7-11-22(18-21)20-14-16-24(17-15-20)25-23-12-5-2-6-13-23;1-2-6-17(7-3-1)19-10-13-21(14-11-19)23-22-15-12-18-8-4-5-9-20(18)16-22/h3*1-18,25H;1-16,23H. The molecule has 0 fully saturated rings. The van der Waals surface area contributed by atoms with Gasteiger partial charge in [0, 0.05) is 45.5 Å². The van der Waals surface area contributed by atoms with Gasteiger partial charge < -0.3 is 21.3 Å². The second-order valence-corrected chi connectivity index (χ2v) is 23.7. The van der Waals surface area contributed by atoms with Crippen LogP contribution in [0.3, 0.4) is 0 Å². The maximum absolute atomic E-state index is 3.52. The highest BCUT2D eigenvalue weighted by molar-refractivity contribution is 5.88. The lowest BCUT2D eigenvalue weighted by molar-refractivity contribution is 1.53. The Kier molecular flexibility index (Phi) is 21.3. The molecule has 16 rings (SSSR count). The van der Waals surface area contributed by atoms with Crippen LogP contribution in [0.1, 0.15) is 0 Å². The molecule has 16 aromatic carbocycles. The SMILES string of the molecule is c1ccc(-c2ccc(Nc3ccc4ccccc4c3)cc2)cc1.c1ccc(Nc2cc(-c3ccccc3)cc(-c3ccccc3)c2)cc1.c1ccc(Nc2ccc(-c3cccc(-c4ccccc4)c3)cc2)cc1.c1ccc(Nc2ccc(-c3ccccc3)c(-c3ccccc3)c2)cc1. The molecule has 0 atom stereocenters. The molecule has 4 nitrogen and oxygen atoms in total. The third kappa shape index (κ3) is 17.6. The summed E-state index contributed by atoms with van der Waals surface area (Å²) in [4.78, 5) is 0. The largest absolute Gasteiger partial charge is 0.356 e. The van der Waals surface area contributed by atoms with Crippen LogP contribution in [0.2, 0.25) is 0 Å². The molecule has 0 aliphatic heterocycles. The van der Waals surface area contributed by atoms with E-state index in [9.17, 15) is 0 Å². The third-order valence-electron chi connectivity index (χ3n) is 16.7. The number of benzene rings is 16. The summed E-state index contributed by atoms with van der Waals surface area (Å²) in [6.07, 6.45) is 0. The number of para-hydroxylation sites is 3. The highest BCUT2D eigenvalue weighted by Gasteiger charge is 2.11. The Hall–Kier alpha value is -13.0. The van der Waals surface area contributed by atoms with E-state index in [0.717, 1.165) is 45.5 Å². The maximum atomic E-state index is 3.52. The first-order valence-corrected chi connectivity index (χ1v) is 33.2. The Balaban J connectivity index is 0.000000118. The summed E-state index contributed by atoms with van der Waals surface area (Å²) in [6.45, 7) is 0. The minimum Gasteiger partial charge on any atom is -0.356 e. The molecule has 98 heavy (non-hydrogen) atoms. The van der Waals surface area contributed by atoms with Crippen LogP contribution in [-0.2, 0) is 0 Å². The monoisotopic (exact) mass is 1260 g/mol. The first kappa shape index (κ1) is 63.7. The molecule has 0 aliphatic carbocycles. The molecule has 0 amide bonds. The van der Waals surface area contributed by atoms with Crippen LogP contribution in [0.15, 0.2) is 425 Å². The molecular weight excluding hydrogens is 1190 g/mol. The zero-order valence-electron chi connectivity index (χ0n) is 54.4.